The van der Waals surface area contributed by atoms with E-state index in [2.05, 4.69) is 0 Å². The maximum absolute atomic E-state index is 12.8. The van der Waals surface area contributed by atoms with Crippen LogP contribution >= 0.6 is 0 Å². The van der Waals surface area contributed by atoms with Crippen LogP contribution in [0.3, 0.4) is 0 Å². The van der Waals surface area contributed by atoms with Gasteiger partial charge in [-0.2, -0.15) is 0 Å². The largest absolute Gasteiger partial charge is 0.458 e. The molecule has 1 aliphatic heterocycles. The molecule has 0 radical (unpaired) electrons. The van der Waals surface area contributed by atoms with Crippen LogP contribution in [0.25, 0.3) is 10.9 Å². The molecule has 3 rings (SSSR count). The zero-order valence-electron chi connectivity index (χ0n) is 14.0. The minimum absolute atomic E-state index is 0.376. The third kappa shape index (κ3) is 2.60. The van der Waals surface area contributed by atoms with Crippen molar-refractivity contribution in [3.8, 4) is 0 Å². The molecule has 0 bridgehead atoms. The molecule has 2 heterocycles. The second kappa shape index (κ2) is 4.85. The Balaban J connectivity index is 2.20. The average Bonchev–Trinajstić information content (AvgIpc) is 2.75. The molecule has 5 nitrogen and oxygen atoms in total. The number of rotatable bonds is 1. The number of carbonyl (C=O) groups is 2. The average molecular weight is 315 g/mol. The Morgan fingerprint density at radius 3 is 2.57 bits per heavy atom. The molecule has 0 spiro atoms. The molecule has 0 saturated heterocycles. The highest BCUT2D eigenvalue weighted by molar-refractivity contribution is 5.98. The number of ether oxygens (including phenoxy) is 2. The Labute approximate surface area is 135 Å². The number of aromatic nitrogens is 1. The summed E-state index contributed by atoms with van der Waals surface area (Å²) < 4.78 is 12.8. The van der Waals surface area contributed by atoms with Gasteiger partial charge in [-0.05, 0) is 46.8 Å². The topological polar surface area (TPSA) is 57.5 Å². The van der Waals surface area contributed by atoms with Crippen LogP contribution in [0.4, 0.5) is 0 Å². The summed E-state index contributed by atoms with van der Waals surface area (Å²) in [5.74, 6) is -0.830. The Morgan fingerprint density at radius 2 is 1.91 bits per heavy atom. The maximum Gasteiger partial charge on any atom is 0.355 e. The van der Waals surface area contributed by atoms with E-state index in [4.69, 9.17) is 9.47 Å². The molecule has 2 aromatic rings. The fourth-order valence-electron chi connectivity index (χ4n) is 3.02. The van der Waals surface area contributed by atoms with E-state index in [9.17, 15) is 9.59 Å². The summed E-state index contributed by atoms with van der Waals surface area (Å²) in [5.41, 5.74) is -0.407. The van der Waals surface area contributed by atoms with Crippen LogP contribution < -0.4 is 0 Å². The number of esters is 2. The molecule has 1 unspecified atom stereocenters. The van der Waals surface area contributed by atoms with Gasteiger partial charge in [0.15, 0.2) is 6.04 Å². The number of para-hydroxylation sites is 1. The monoisotopic (exact) mass is 315 g/mol. The number of hydrogen-bond acceptors (Lipinski definition) is 4. The zero-order valence-corrected chi connectivity index (χ0v) is 14.0. The van der Waals surface area contributed by atoms with Crippen LogP contribution in [-0.4, -0.2) is 27.7 Å². The fraction of sp³-hybridized carbons (Fsp3) is 0.444. The molecule has 0 fully saturated rings. The van der Waals surface area contributed by atoms with E-state index < -0.39 is 29.2 Å². The quantitative estimate of drug-likeness (QED) is 0.756. The van der Waals surface area contributed by atoms with Gasteiger partial charge in [0.25, 0.3) is 0 Å². The van der Waals surface area contributed by atoms with Crippen molar-refractivity contribution < 1.29 is 19.1 Å². The number of fused-ring (bicyclic) bond motifs is 3. The number of hydrogen-bond donors (Lipinski definition) is 0. The zero-order chi connectivity index (χ0) is 17.0. The Kier molecular flexibility index (Phi) is 3.29. The summed E-state index contributed by atoms with van der Waals surface area (Å²) >= 11 is 0. The molecule has 1 aromatic heterocycles. The lowest BCUT2D eigenvalue weighted by Crippen LogP contribution is -2.49. The van der Waals surface area contributed by atoms with Crippen molar-refractivity contribution in [2.24, 2.45) is 0 Å². The van der Waals surface area contributed by atoms with Crippen LogP contribution in [0.1, 0.15) is 51.1 Å². The summed E-state index contributed by atoms with van der Waals surface area (Å²) in [5, 5.41) is 0.894. The lowest BCUT2D eigenvalue weighted by Gasteiger charge is -2.39. The summed E-state index contributed by atoms with van der Waals surface area (Å²) in [7, 11) is 0. The van der Waals surface area contributed by atoms with Gasteiger partial charge >= 0.3 is 11.9 Å². The molecular formula is C18H21NO4. The van der Waals surface area contributed by atoms with Gasteiger partial charge in [-0.3, -0.25) is 0 Å². The van der Waals surface area contributed by atoms with Crippen molar-refractivity contribution >= 4 is 22.8 Å². The lowest BCUT2D eigenvalue weighted by atomic mass is 9.95. The summed E-state index contributed by atoms with van der Waals surface area (Å²) in [6.45, 7) is 8.93. The molecule has 23 heavy (non-hydrogen) atoms. The van der Waals surface area contributed by atoms with Gasteiger partial charge in [0.2, 0.25) is 0 Å². The molecule has 0 saturated carbocycles. The van der Waals surface area contributed by atoms with E-state index in [1.807, 2.05) is 45.0 Å². The Hall–Kier alpha value is -2.30. The molecule has 0 aliphatic carbocycles. The number of nitrogens with zero attached hydrogens (tertiary/aromatic N) is 1. The standard InChI is InChI=1S/C18H21NO4/c1-17(2,3)22-16(21)14-18(4,5)23-15(20)13-10-11-8-6-7-9-12(11)19(13)14/h6-10,14H,1-5H3. The third-order valence-electron chi connectivity index (χ3n) is 3.86. The summed E-state index contributed by atoms with van der Waals surface area (Å²) in [6, 6.07) is 8.61. The minimum Gasteiger partial charge on any atom is -0.458 e. The molecule has 122 valence electrons. The predicted molar refractivity (Wildman–Crippen MR) is 86.3 cm³/mol. The van der Waals surface area contributed by atoms with Crippen molar-refractivity contribution in [3.05, 3.63) is 36.0 Å². The van der Waals surface area contributed by atoms with Gasteiger partial charge in [-0.25, -0.2) is 9.59 Å². The fourth-order valence-corrected chi connectivity index (χ4v) is 3.02. The van der Waals surface area contributed by atoms with Gasteiger partial charge in [-0.15, -0.1) is 0 Å². The van der Waals surface area contributed by atoms with E-state index in [-0.39, 0.29) is 0 Å². The second-order valence-corrected chi connectivity index (χ2v) is 7.39. The molecule has 5 heteroatoms. The maximum atomic E-state index is 12.8. The molecule has 0 N–H and O–H groups in total. The van der Waals surface area contributed by atoms with Crippen molar-refractivity contribution in [1.29, 1.82) is 0 Å². The Morgan fingerprint density at radius 1 is 1.26 bits per heavy atom. The first-order chi connectivity index (χ1) is 10.6. The molecule has 1 atom stereocenters. The minimum atomic E-state index is -0.992. The first kappa shape index (κ1) is 15.6. The van der Waals surface area contributed by atoms with Gasteiger partial charge in [0.1, 0.15) is 16.9 Å². The third-order valence-corrected chi connectivity index (χ3v) is 3.86. The van der Waals surface area contributed by atoms with E-state index >= 15 is 0 Å². The number of benzene rings is 1. The first-order valence-corrected chi connectivity index (χ1v) is 7.66. The molecular weight excluding hydrogens is 294 g/mol. The summed E-state index contributed by atoms with van der Waals surface area (Å²) in [6.07, 6.45) is 0. The first-order valence-electron chi connectivity index (χ1n) is 7.66. The highest BCUT2D eigenvalue weighted by Gasteiger charge is 2.48. The van der Waals surface area contributed by atoms with Crippen molar-refractivity contribution in [2.75, 3.05) is 0 Å². The SMILES string of the molecule is CC(C)(C)OC(=O)C1n2c(cc3ccccc32)C(=O)OC1(C)C. The highest BCUT2D eigenvalue weighted by atomic mass is 16.6. The molecule has 1 aliphatic rings. The normalized spacial score (nSPS) is 20.0. The van der Waals surface area contributed by atoms with Crippen molar-refractivity contribution in [1.82, 2.24) is 4.57 Å². The van der Waals surface area contributed by atoms with Crippen LogP contribution in [0, 0.1) is 0 Å². The smallest absolute Gasteiger partial charge is 0.355 e. The van der Waals surface area contributed by atoms with E-state index in [0.717, 1.165) is 10.9 Å². The van der Waals surface area contributed by atoms with E-state index in [0.29, 0.717) is 5.69 Å². The molecule has 0 amide bonds. The highest BCUT2D eigenvalue weighted by Crippen LogP contribution is 2.39. The van der Waals surface area contributed by atoms with Crippen LogP contribution in [-0.2, 0) is 14.3 Å². The second-order valence-electron chi connectivity index (χ2n) is 7.39. The molecule has 1 aromatic carbocycles. The van der Waals surface area contributed by atoms with Crippen LogP contribution in [0.15, 0.2) is 30.3 Å². The number of cyclic esters (lactones) is 1. The lowest BCUT2D eigenvalue weighted by molar-refractivity contribution is -0.167. The van der Waals surface area contributed by atoms with Crippen LogP contribution in [0.2, 0.25) is 0 Å². The predicted octanol–water partition coefficient (Wildman–Crippen LogP) is 3.47. The Bertz CT molecular complexity index is 795. The number of carbonyl (C=O) groups excluding carboxylic acids is 2. The van der Waals surface area contributed by atoms with Gasteiger partial charge in [0, 0.05) is 10.9 Å². The van der Waals surface area contributed by atoms with Gasteiger partial charge < -0.3 is 14.0 Å². The van der Waals surface area contributed by atoms with Gasteiger partial charge in [0.05, 0.1) is 0 Å². The van der Waals surface area contributed by atoms with Gasteiger partial charge in [-0.1, -0.05) is 18.2 Å². The summed E-state index contributed by atoms with van der Waals surface area (Å²) in [4.78, 5) is 25.1. The van der Waals surface area contributed by atoms with Crippen molar-refractivity contribution in [3.63, 3.8) is 0 Å². The van der Waals surface area contributed by atoms with Crippen molar-refractivity contribution in [2.45, 2.75) is 51.9 Å². The van der Waals surface area contributed by atoms with Crippen LogP contribution in [0.5, 0.6) is 0 Å². The van der Waals surface area contributed by atoms with E-state index in [1.165, 1.54) is 0 Å². The van der Waals surface area contributed by atoms with E-state index in [1.54, 1.807) is 24.5 Å².